The molecule has 0 radical (unpaired) electrons. The second-order valence-electron chi connectivity index (χ2n) is 4.83. The number of hydrogen-bond donors (Lipinski definition) is 1. The van der Waals surface area contributed by atoms with Gasteiger partial charge < -0.3 is 10.1 Å². The maximum Gasteiger partial charge on any atom is 0.156 e. The molecule has 5 heteroatoms. The molecule has 20 heavy (non-hydrogen) atoms. The molecule has 1 aliphatic carbocycles. The summed E-state index contributed by atoms with van der Waals surface area (Å²) in [4.78, 5) is 8.51. The van der Waals surface area contributed by atoms with Crippen molar-refractivity contribution in [3.05, 3.63) is 53.2 Å². The van der Waals surface area contributed by atoms with Gasteiger partial charge in [-0.25, -0.2) is 14.4 Å². The first-order valence-corrected chi connectivity index (χ1v) is 6.62. The molecule has 0 saturated carbocycles. The maximum atomic E-state index is 13.7. The molecule has 1 heterocycles. The molecule has 1 aliphatic rings. The Kier molecular flexibility index (Phi) is 3.60. The van der Waals surface area contributed by atoms with Crippen molar-refractivity contribution in [2.45, 2.75) is 25.5 Å². The highest BCUT2D eigenvalue weighted by Gasteiger charge is 2.24. The van der Waals surface area contributed by atoms with Gasteiger partial charge in [-0.2, -0.15) is 0 Å². The van der Waals surface area contributed by atoms with E-state index in [0.717, 1.165) is 29.8 Å². The number of ether oxygens (including phenoxy) is 1. The van der Waals surface area contributed by atoms with Gasteiger partial charge in [-0.05, 0) is 36.1 Å². The van der Waals surface area contributed by atoms with Gasteiger partial charge in [0.15, 0.2) is 5.82 Å². The lowest BCUT2D eigenvalue weighted by Gasteiger charge is -2.15. The van der Waals surface area contributed by atoms with Gasteiger partial charge in [-0.3, -0.25) is 0 Å². The van der Waals surface area contributed by atoms with Gasteiger partial charge in [0.2, 0.25) is 0 Å². The Balaban J connectivity index is 1.80. The normalized spacial score (nSPS) is 17.0. The highest BCUT2D eigenvalue weighted by Crippen LogP contribution is 2.34. The summed E-state index contributed by atoms with van der Waals surface area (Å²) in [7, 11) is 1.61. The Bertz CT molecular complexity index is 618. The Morgan fingerprint density at radius 1 is 1.40 bits per heavy atom. The predicted octanol–water partition coefficient (Wildman–Crippen LogP) is 2.86. The Labute approximate surface area is 117 Å². The first-order valence-electron chi connectivity index (χ1n) is 6.62. The maximum absolute atomic E-state index is 13.7. The Morgan fingerprint density at radius 3 is 3.15 bits per heavy atom. The summed E-state index contributed by atoms with van der Waals surface area (Å²) in [5, 5.41) is 3.35. The molecule has 3 rings (SSSR count). The van der Waals surface area contributed by atoms with Crippen LogP contribution in [0.4, 0.5) is 10.2 Å². The summed E-state index contributed by atoms with van der Waals surface area (Å²) in [5.41, 5.74) is 1.84. The second kappa shape index (κ2) is 5.54. The molecule has 0 amide bonds. The van der Waals surface area contributed by atoms with E-state index in [9.17, 15) is 4.39 Å². The zero-order chi connectivity index (χ0) is 13.9. The smallest absolute Gasteiger partial charge is 0.156 e. The van der Waals surface area contributed by atoms with Crippen molar-refractivity contribution in [1.29, 1.82) is 0 Å². The number of rotatable bonds is 4. The molecule has 1 N–H and O–H groups in total. The van der Waals surface area contributed by atoms with Gasteiger partial charge in [-0.1, -0.05) is 12.1 Å². The zero-order valence-electron chi connectivity index (χ0n) is 11.3. The summed E-state index contributed by atoms with van der Waals surface area (Å²) in [6.07, 6.45) is 3.33. The molecule has 0 bridgehead atoms. The highest BCUT2D eigenvalue weighted by molar-refractivity contribution is 5.43. The predicted molar refractivity (Wildman–Crippen MR) is 73.8 cm³/mol. The van der Waals surface area contributed by atoms with E-state index < -0.39 is 0 Å². The third-order valence-corrected chi connectivity index (χ3v) is 3.51. The summed E-state index contributed by atoms with van der Waals surface area (Å²) in [5.74, 6) is 1.26. The average molecular weight is 273 g/mol. The summed E-state index contributed by atoms with van der Waals surface area (Å²) >= 11 is 0. The number of anilines is 1. The number of halogens is 1. The second-order valence-corrected chi connectivity index (χ2v) is 4.83. The van der Waals surface area contributed by atoms with Crippen molar-refractivity contribution in [2.24, 2.45) is 0 Å². The lowest BCUT2D eigenvalue weighted by molar-refractivity contribution is 0.178. The van der Waals surface area contributed by atoms with Crippen LogP contribution in [0.1, 0.15) is 29.4 Å². The van der Waals surface area contributed by atoms with E-state index in [-0.39, 0.29) is 11.9 Å². The van der Waals surface area contributed by atoms with Crippen LogP contribution >= 0.6 is 0 Å². The van der Waals surface area contributed by atoms with Gasteiger partial charge in [0.1, 0.15) is 18.2 Å². The van der Waals surface area contributed by atoms with Crippen LogP contribution in [0.5, 0.6) is 0 Å². The minimum Gasteiger partial charge on any atom is -0.377 e. The van der Waals surface area contributed by atoms with Crippen molar-refractivity contribution < 1.29 is 9.13 Å². The summed E-state index contributed by atoms with van der Waals surface area (Å²) in [6, 6.07) is 7.16. The average Bonchev–Trinajstić information content (AvgIpc) is 2.84. The van der Waals surface area contributed by atoms with Crippen LogP contribution < -0.4 is 5.32 Å². The number of fused-ring (bicyclic) bond motifs is 1. The standard InChI is InChI=1S/C15H16FN3O/c1-20-9-15-17-8-7-14(19-15)18-13-6-5-10-11(13)3-2-4-12(10)16/h2-4,7-8,13H,5-6,9H2,1H3,(H,17,18,19)/t13-/m1/s1. The zero-order valence-corrected chi connectivity index (χ0v) is 11.3. The van der Waals surface area contributed by atoms with Crippen molar-refractivity contribution in [3.63, 3.8) is 0 Å². The quantitative estimate of drug-likeness (QED) is 0.930. The van der Waals surface area contributed by atoms with Gasteiger partial charge in [0, 0.05) is 13.3 Å². The first-order chi connectivity index (χ1) is 9.78. The van der Waals surface area contributed by atoms with E-state index in [0.29, 0.717) is 12.4 Å². The Hall–Kier alpha value is -2.01. The molecule has 0 spiro atoms. The Morgan fingerprint density at radius 2 is 2.30 bits per heavy atom. The molecular formula is C15H16FN3O. The summed E-state index contributed by atoms with van der Waals surface area (Å²) in [6.45, 7) is 0.380. The van der Waals surface area contributed by atoms with Gasteiger partial charge in [-0.15, -0.1) is 0 Å². The minimum atomic E-state index is -0.116. The third kappa shape index (κ3) is 2.49. The minimum absolute atomic E-state index is 0.103. The van der Waals surface area contributed by atoms with E-state index >= 15 is 0 Å². The number of benzene rings is 1. The molecule has 0 saturated heterocycles. The van der Waals surface area contributed by atoms with E-state index in [1.807, 2.05) is 12.1 Å². The van der Waals surface area contributed by atoms with E-state index in [4.69, 9.17) is 4.74 Å². The molecule has 0 aliphatic heterocycles. The largest absolute Gasteiger partial charge is 0.377 e. The van der Waals surface area contributed by atoms with Gasteiger partial charge in [0.05, 0.1) is 6.04 Å². The van der Waals surface area contributed by atoms with Crippen molar-refractivity contribution in [1.82, 2.24) is 9.97 Å². The lowest BCUT2D eigenvalue weighted by Crippen LogP contribution is -2.10. The third-order valence-electron chi connectivity index (χ3n) is 3.51. The van der Waals surface area contributed by atoms with E-state index in [1.165, 1.54) is 6.07 Å². The van der Waals surface area contributed by atoms with Crippen molar-refractivity contribution >= 4 is 5.82 Å². The fraction of sp³-hybridized carbons (Fsp3) is 0.333. The van der Waals surface area contributed by atoms with E-state index in [1.54, 1.807) is 19.4 Å². The van der Waals surface area contributed by atoms with Crippen molar-refractivity contribution in [2.75, 3.05) is 12.4 Å². The highest BCUT2D eigenvalue weighted by atomic mass is 19.1. The monoisotopic (exact) mass is 273 g/mol. The number of nitrogens with zero attached hydrogens (tertiary/aromatic N) is 2. The van der Waals surface area contributed by atoms with Crippen LogP contribution in [0.25, 0.3) is 0 Å². The summed E-state index contributed by atoms with van der Waals surface area (Å²) < 4.78 is 18.7. The van der Waals surface area contributed by atoms with Crippen LogP contribution in [0.3, 0.4) is 0 Å². The van der Waals surface area contributed by atoms with E-state index in [2.05, 4.69) is 15.3 Å². The molecular weight excluding hydrogens is 257 g/mol. The van der Waals surface area contributed by atoms with Gasteiger partial charge >= 0.3 is 0 Å². The van der Waals surface area contributed by atoms with Gasteiger partial charge in [0.25, 0.3) is 0 Å². The number of hydrogen-bond acceptors (Lipinski definition) is 4. The molecule has 1 aromatic heterocycles. The number of nitrogens with one attached hydrogen (secondary N) is 1. The van der Waals surface area contributed by atoms with Crippen LogP contribution in [0.15, 0.2) is 30.5 Å². The molecule has 0 fully saturated rings. The molecule has 0 unspecified atom stereocenters. The number of aromatic nitrogens is 2. The topological polar surface area (TPSA) is 47.0 Å². The lowest BCUT2D eigenvalue weighted by atomic mass is 10.1. The molecule has 2 aromatic rings. The fourth-order valence-corrected chi connectivity index (χ4v) is 2.62. The van der Waals surface area contributed by atoms with Crippen LogP contribution in [0.2, 0.25) is 0 Å². The van der Waals surface area contributed by atoms with Crippen LogP contribution in [0, 0.1) is 5.82 Å². The van der Waals surface area contributed by atoms with Crippen LogP contribution in [-0.4, -0.2) is 17.1 Å². The number of methoxy groups -OCH3 is 1. The first kappa shape index (κ1) is 13.0. The molecule has 104 valence electrons. The van der Waals surface area contributed by atoms with Crippen LogP contribution in [-0.2, 0) is 17.8 Å². The SMILES string of the molecule is COCc1nccc(N[C@@H]2CCc3c(F)cccc32)n1. The molecule has 1 aromatic carbocycles. The molecule has 4 nitrogen and oxygen atoms in total. The van der Waals surface area contributed by atoms with Crippen molar-refractivity contribution in [3.8, 4) is 0 Å². The molecule has 1 atom stereocenters. The fourth-order valence-electron chi connectivity index (χ4n) is 2.62.